The van der Waals surface area contributed by atoms with Crippen LogP contribution in [0.15, 0.2) is 22.7 Å². The number of nitrogens with one attached hydrogen (secondary N) is 2. The Labute approximate surface area is 163 Å². The summed E-state index contributed by atoms with van der Waals surface area (Å²) in [5.41, 5.74) is 9.79. The summed E-state index contributed by atoms with van der Waals surface area (Å²) < 4.78 is 6.03. The Balaban J connectivity index is 1.37. The molecule has 0 unspecified atom stereocenters. The Morgan fingerprint density at radius 2 is 1.64 bits per heavy atom. The summed E-state index contributed by atoms with van der Waals surface area (Å²) in [7, 11) is 0. The zero-order chi connectivity index (χ0) is 18.7. The van der Waals surface area contributed by atoms with Gasteiger partial charge in [0.25, 0.3) is 5.91 Å². The van der Waals surface area contributed by atoms with Gasteiger partial charge in [-0.3, -0.25) is 9.89 Å². The minimum Gasteiger partial charge on any atom is -0.455 e. The lowest BCUT2D eigenvalue weighted by atomic mass is 9.98. The molecule has 0 saturated carbocycles. The number of hydrogen-bond acceptors (Lipinski definition) is 3. The van der Waals surface area contributed by atoms with Crippen LogP contribution in [0, 0.1) is 0 Å². The fourth-order valence-corrected chi connectivity index (χ4v) is 5.25. The van der Waals surface area contributed by atoms with E-state index in [9.17, 15) is 4.79 Å². The molecule has 5 nitrogen and oxygen atoms in total. The number of H-pyrrole nitrogens is 1. The maximum atomic E-state index is 13.1. The van der Waals surface area contributed by atoms with Crippen LogP contribution in [-0.2, 0) is 38.5 Å². The molecule has 3 aliphatic carbocycles. The second-order valence-corrected chi connectivity index (χ2v) is 8.26. The van der Waals surface area contributed by atoms with Crippen LogP contribution >= 0.6 is 0 Å². The zero-order valence-electron chi connectivity index (χ0n) is 15.9. The van der Waals surface area contributed by atoms with Crippen molar-refractivity contribution >= 4 is 11.6 Å². The number of aryl methyl sites for hydroxylation is 4. The summed E-state index contributed by atoms with van der Waals surface area (Å²) in [4.78, 5) is 13.1. The Morgan fingerprint density at radius 3 is 2.43 bits per heavy atom. The van der Waals surface area contributed by atoms with E-state index in [1.54, 1.807) is 0 Å². The minimum atomic E-state index is -0.136. The molecule has 5 heteroatoms. The number of rotatable bonds is 2. The molecule has 142 valence electrons. The highest BCUT2D eigenvalue weighted by Gasteiger charge is 2.27. The van der Waals surface area contributed by atoms with Gasteiger partial charge >= 0.3 is 0 Å². The molecule has 1 amide bonds. The number of aromatic amines is 1. The van der Waals surface area contributed by atoms with E-state index in [2.05, 4.69) is 21.6 Å². The van der Waals surface area contributed by atoms with Crippen LogP contribution in [-0.4, -0.2) is 16.1 Å². The Kier molecular flexibility index (Phi) is 3.52. The quantitative estimate of drug-likeness (QED) is 0.700. The van der Waals surface area contributed by atoms with E-state index in [-0.39, 0.29) is 5.91 Å². The summed E-state index contributed by atoms with van der Waals surface area (Å²) >= 11 is 0. The van der Waals surface area contributed by atoms with Gasteiger partial charge < -0.3 is 9.73 Å². The van der Waals surface area contributed by atoms with Gasteiger partial charge in [-0.1, -0.05) is 6.07 Å². The smallest absolute Gasteiger partial charge is 0.291 e. The predicted molar refractivity (Wildman–Crippen MR) is 107 cm³/mol. The van der Waals surface area contributed by atoms with Gasteiger partial charge in [-0.05, 0) is 85.3 Å². The van der Waals surface area contributed by atoms with Crippen molar-refractivity contribution in [3.63, 3.8) is 0 Å². The number of hydrogen-bond donors (Lipinski definition) is 2. The molecule has 3 aromatic rings. The molecule has 0 fully saturated rings. The van der Waals surface area contributed by atoms with E-state index in [0.717, 1.165) is 67.7 Å². The van der Waals surface area contributed by atoms with Crippen LogP contribution in [0.2, 0.25) is 0 Å². The van der Waals surface area contributed by atoms with E-state index < -0.39 is 0 Å². The van der Waals surface area contributed by atoms with E-state index in [1.165, 1.54) is 40.7 Å². The third kappa shape index (κ3) is 2.38. The molecule has 0 atom stereocenters. The van der Waals surface area contributed by atoms with Crippen molar-refractivity contribution in [2.45, 2.75) is 57.8 Å². The summed E-state index contributed by atoms with van der Waals surface area (Å²) in [6.45, 7) is 0. The van der Waals surface area contributed by atoms with Gasteiger partial charge in [0.15, 0.2) is 5.76 Å². The van der Waals surface area contributed by atoms with Crippen LogP contribution in [0.5, 0.6) is 0 Å². The van der Waals surface area contributed by atoms with Gasteiger partial charge in [0.05, 0.1) is 11.9 Å². The van der Waals surface area contributed by atoms with Crippen molar-refractivity contribution in [3.05, 3.63) is 57.7 Å². The lowest BCUT2D eigenvalue weighted by Gasteiger charge is -2.15. The molecule has 0 spiro atoms. The second-order valence-electron chi connectivity index (χ2n) is 8.26. The largest absolute Gasteiger partial charge is 0.455 e. The molecule has 1 aromatic carbocycles. The number of carbonyl (C=O) groups excluding carboxylic acids is 1. The summed E-state index contributed by atoms with van der Waals surface area (Å²) in [6, 6.07) is 4.27. The van der Waals surface area contributed by atoms with Crippen molar-refractivity contribution in [1.29, 1.82) is 0 Å². The fraction of sp³-hybridized carbons (Fsp3) is 0.391. The van der Waals surface area contributed by atoms with Crippen molar-refractivity contribution in [1.82, 2.24) is 10.2 Å². The Bertz CT molecular complexity index is 1070. The summed E-state index contributed by atoms with van der Waals surface area (Å²) in [6.07, 6.45) is 11.5. The highest BCUT2D eigenvalue weighted by molar-refractivity contribution is 6.04. The van der Waals surface area contributed by atoms with Crippen molar-refractivity contribution < 1.29 is 9.21 Å². The number of benzene rings is 1. The molecule has 28 heavy (non-hydrogen) atoms. The lowest BCUT2D eigenvalue weighted by Crippen LogP contribution is -2.14. The van der Waals surface area contributed by atoms with Gasteiger partial charge in [0.1, 0.15) is 5.76 Å². The third-order valence-corrected chi connectivity index (χ3v) is 6.58. The van der Waals surface area contributed by atoms with Gasteiger partial charge in [-0.25, -0.2) is 0 Å². The number of furan rings is 1. The standard InChI is InChI=1S/C23H23N3O2/c27-23(20-11-18-19(28-20)9-3-6-15-12-24-26-21(15)18)25-22-16-7-1-4-13(16)10-14-5-2-8-17(14)22/h10-12H,1-9H2,(H,24,26)(H,25,27). The van der Waals surface area contributed by atoms with Gasteiger partial charge in [0, 0.05) is 17.7 Å². The third-order valence-electron chi connectivity index (χ3n) is 6.58. The SMILES string of the molecule is O=C(Nc1c2c(cc3c1CCC3)CCC2)c1cc2c(o1)CCCc1cn[nH]c1-2. The fourth-order valence-electron chi connectivity index (χ4n) is 5.25. The first-order chi connectivity index (χ1) is 13.8. The van der Waals surface area contributed by atoms with Gasteiger partial charge in [-0.2, -0.15) is 5.10 Å². The molecule has 2 aromatic heterocycles. The normalized spacial score (nSPS) is 16.9. The molecular weight excluding hydrogens is 350 g/mol. The van der Waals surface area contributed by atoms with E-state index in [4.69, 9.17) is 4.42 Å². The maximum absolute atomic E-state index is 13.1. The van der Waals surface area contributed by atoms with Crippen molar-refractivity contribution in [2.24, 2.45) is 0 Å². The number of fused-ring (bicyclic) bond motifs is 5. The molecule has 3 aliphatic rings. The Hall–Kier alpha value is -2.82. The van der Waals surface area contributed by atoms with Crippen LogP contribution < -0.4 is 5.32 Å². The van der Waals surface area contributed by atoms with Crippen LogP contribution in [0.25, 0.3) is 11.3 Å². The number of aromatic nitrogens is 2. The maximum Gasteiger partial charge on any atom is 0.291 e. The first kappa shape index (κ1) is 16.2. The van der Waals surface area contributed by atoms with Gasteiger partial charge in [0.2, 0.25) is 0 Å². The lowest BCUT2D eigenvalue weighted by molar-refractivity contribution is 0.0994. The number of carbonyl (C=O) groups is 1. The van der Waals surface area contributed by atoms with Crippen LogP contribution in [0.4, 0.5) is 5.69 Å². The molecule has 2 N–H and O–H groups in total. The molecule has 6 rings (SSSR count). The first-order valence-corrected chi connectivity index (χ1v) is 10.4. The number of amides is 1. The average molecular weight is 373 g/mol. The first-order valence-electron chi connectivity index (χ1n) is 10.4. The summed E-state index contributed by atoms with van der Waals surface area (Å²) in [5.74, 6) is 1.15. The second kappa shape index (κ2) is 6.09. The van der Waals surface area contributed by atoms with E-state index >= 15 is 0 Å². The van der Waals surface area contributed by atoms with Crippen molar-refractivity contribution in [2.75, 3.05) is 5.32 Å². The molecule has 0 aliphatic heterocycles. The predicted octanol–water partition coefficient (Wildman–Crippen LogP) is 4.39. The van der Waals surface area contributed by atoms with Crippen LogP contribution in [0.1, 0.15) is 63.4 Å². The Morgan fingerprint density at radius 1 is 0.929 bits per heavy atom. The minimum absolute atomic E-state index is 0.136. The average Bonchev–Trinajstić information content (AvgIpc) is 3.47. The summed E-state index contributed by atoms with van der Waals surface area (Å²) in [5, 5.41) is 10.5. The van der Waals surface area contributed by atoms with Crippen molar-refractivity contribution in [3.8, 4) is 11.3 Å². The molecule has 0 radical (unpaired) electrons. The number of anilines is 1. The van der Waals surface area contributed by atoms with Gasteiger partial charge in [-0.15, -0.1) is 0 Å². The van der Waals surface area contributed by atoms with Crippen LogP contribution in [0.3, 0.4) is 0 Å². The topological polar surface area (TPSA) is 70.9 Å². The zero-order valence-corrected chi connectivity index (χ0v) is 15.9. The molecular formula is C23H23N3O2. The van der Waals surface area contributed by atoms with E-state index in [0.29, 0.717) is 5.76 Å². The monoisotopic (exact) mass is 373 g/mol. The molecule has 0 bridgehead atoms. The number of nitrogens with zero attached hydrogens (tertiary/aromatic N) is 1. The van der Waals surface area contributed by atoms with E-state index in [1.807, 2.05) is 12.3 Å². The molecule has 2 heterocycles. The highest BCUT2D eigenvalue weighted by atomic mass is 16.4. The molecule has 0 saturated heterocycles. The highest BCUT2D eigenvalue weighted by Crippen LogP contribution is 2.39.